The molecular formula is C11H10ClN3OS. The Balaban J connectivity index is 2.00. The molecule has 17 heavy (non-hydrogen) atoms. The van der Waals surface area contributed by atoms with Gasteiger partial charge in [-0.25, -0.2) is 0 Å². The molecule has 2 rings (SSSR count). The molecule has 0 aromatic heterocycles. The largest absolute Gasteiger partial charge is 0.303 e. The van der Waals surface area contributed by atoms with Crippen LogP contribution in [0.4, 0.5) is 0 Å². The maximum atomic E-state index is 11.2. The first-order valence-corrected chi connectivity index (χ1v) is 6.25. The topological polar surface area (TPSA) is 53.8 Å². The molecule has 1 amide bonds. The van der Waals surface area contributed by atoms with E-state index in [0.717, 1.165) is 5.56 Å². The van der Waals surface area contributed by atoms with E-state index in [-0.39, 0.29) is 11.2 Å². The number of hydrogen-bond acceptors (Lipinski definition) is 4. The van der Waals surface area contributed by atoms with Gasteiger partial charge in [0.25, 0.3) is 0 Å². The number of carbonyl (C=O) groups excluding carboxylic acids is 1. The summed E-state index contributed by atoms with van der Waals surface area (Å²) in [5, 5.41) is 11.6. The van der Waals surface area contributed by atoms with E-state index in [4.69, 9.17) is 11.6 Å². The van der Waals surface area contributed by atoms with Crippen molar-refractivity contribution in [2.45, 2.75) is 12.2 Å². The van der Waals surface area contributed by atoms with Gasteiger partial charge >= 0.3 is 0 Å². The highest BCUT2D eigenvalue weighted by molar-refractivity contribution is 8.15. The number of thioether (sulfide) groups is 1. The minimum absolute atomic E-state index is 0.0320. The molecule has 0 spiro atoms. The second kappa shape index (κ2) is 5.33. The highest BCUT2D eigenvalue weighted by Gasteiger charge is 2.25. The Hall–Kier alpha value is -1.33. The monoisotopic (exact) mass is 267 g/mol. The molecule has 1 aromatic rings. The molecule has 1 aromatic carbocycles. The van der Waals surface area contributed by atoms with E-state index in [1.807, 2.05) is 19.1 Å². The first-order chi connectivity index (χ1) is 8.15. The maximum absolute atomic E-state index is 11.2. The van der Waals surface area contributed by atoms with Crippen LogP contribution in [0.25, 0.3) is 0 Å². The molecule has 0 aliphatic carbocycles. The number of nitrogens with one attached hydrogen (secondary N) is 1. The zero-order valence-electron chi connectivity index (χ0n) is 9.05. The molecule has 88 valence electrons. The molecule has 1 aliphatic rings. The van der Waals surface area contributed by atoms with Crippen LogP contribution in [0.15, 0.2) is 34.5 Å². The van der Waals surface area contributed by atoms with Crippen molar-refractivity contribution in [3.8, 4) is 0 Å². The van der Waals surface area contributed by atoms with Crippen LogP contribution in [-0.4, -0.2) is 22.5 Å². The average Bonchev–Trinajstić information content (AvgIpc) is 2.61. The Morgan fingerprint density at radius 3 is 2.71 bits per heavy atom. The minimum atomic E-state index is -0.0977. The van der Waals surface area contributed by atoms with Gasteiger partial charge in [-0.3, -0.25) is 4.79 Å². The van der Waals surface area contributed by atoms with Crippen LogP contribution >= 0.6 is 23.4 Å². The van der Waals surface area contributed by atoms with Crippen molar-refractivity contribution in [1.82, 2.24) is 5.32 Å². The Morgan fingerprint density at radius 2 is 2.12 bits per heavy atom. The van der Waals surface area contributed by atoms with Crippen LogP contribution in [0, 0.1) is 0 Å². The number of rotatable bonds is 2. The van der Waals surface area contributed by atoms with E-state index in [9.17, 15) is 4.79 Å². The van der Waals surface area contributed by atoms with Crippen molar-refractivity contribution in [2.24, 2.45) is 10.2 Å². The number of nitrogens with zero attached hydrogens (tertiary/aromatic N) is 2. The van der Waals surface area contributed by atoms with Gasteiger partial charge in [0.1, 0.15) is 0 Å². The third kappa shape index (κ3) is 3.31. The summed E-state index contributed by atoms with van der Waals surface area (Å²) >= 11 is 7.12. The SMILES string of the molecule is CC1SC(=NN=Cc2ccc(Cl)cc2)NC1=O. The standard InChI is InChI=1S/C11H10ClN3OS/c1-7-10(16)14-11(17-7)15-13-6-8-2-4-9(12)5-3-8/h2-7H,1H3,(H,14,15,16). The lowest BCUT2D eigenvalue weighted by Gasteiger charge is -1.92. The fraction of sp³-hybridized carbons (Fsp3) is 0.182. The van der Waals surface area contributed by atoms with Gasteiger partial charge < -0.3 is 5.32 Å². The summed E-state index contributed by atoms with van der Waals surface area (Å²) in [7, 11) is 0. The van der Waals surface area contributed by atoms with Crippen molar-refractivity contribution in [3.63, 3.8) is 0 Å². The molecule has 0 saturated carbocycles. The van der Waals surface area contributed by atoms with E-state index in [0.29, 0.717) is 10.2 Å². The van der Waals surface area contributed by atoms with E-state index in [1.54, 1.807) is 18.3 Å². The highest BCUT2D eigenvalue weighted by atomic mass is 35.5. The quantitative estimate of drug-likeness (QED) is 0.660. The predicted molar refractivity (Wildman–Crippen MR) is 71.7 cm³/mol. The number of amides is 1. The number of amidine groups is 1. The minimum Gasteiger partial charge on any atom is -0.303 e. The average molecular weight is 268 g/mol. The normalized spacial score (nSPS) is 22.4. The van der Waals surface area contributed by atoms with Crippen molar-refractivity contribution < 1.29 is 4.79 Å². The Morgan fingerprint density at radius 1 is 1.41 bits per heavy atom. The van der Waals surface area contributed by atoms with Gasteiger partial charge in [0.05, 0.1) is 11.5 Å². The first kappa shape index (κ1) is 12.1. The highest BCUT2D eigenvalue weighted by Crippen LogP contribution is 2.18. The molecule has 1 saturated heterocycles. The third-order valence-corrected chi connectivity index (χ3v) is 3.34. The summed E-state index contributed by atoms with van der Waals surface area (Å²) in [5.41, 5.74) is 0.904. The molecule has 1 N–H and O–H groups in total. The summed E-state index contributed by atoms with van der Waals surface area (Å²) in [6.45, 7) is 1.82. The molecule has 1 unspecified atom stereocenters. The molecule has 4 nitrogen and oxygen atoms in total. The van der Waals surface area contributed by atoms with Crippen molar-refractivity contribution in [2.75, 3.05) is 0 Å². The van der Waals surface area contributed by atoms with E-state index in [2.05, 4.69) is 15.5 Å². The van der Waals surface area contributed by atoms with Crippen molar-refractivity contribution in [1.29, 1.82) is 0 Å². The second-order valence-electron chi connectivity index (χ2n) is 3.45. The van der Waals surface area contributed by atoms with Crippen LogP contribution in [0.3, 0.4) is 0 Å². The molecule has 0 bridgehead atoms. The first-order valence-electron chi connectivity index (χ1n) is 4.99. The van der Waals surface area contributed by atoms with Gasteiger partial charge in [0.2, 0.25) is 5.91 Å². The summed E-state index contributed by atoms with van der Waals surface area (Å²) in [4.78, 5) is 11.2. The Labute approximate surface area is 108 Å². The summed E-state index contributed by atoms with van der Waals surface area (Å²) in [5.74, 6) is -0.0320. The summed E-state index contributed by atoms with van der Waals surface area (Å²) in [6.07, 6.45) is 1.61. The molecule has 1 heterocycles. The number of carbonyl (C=O) groups is 1. The summed E-state index contributed by atoms with van der Waals surface area (Å²) < 4.78 is 0. The van der Waals surface area contributed by atoms with E-state index in [1.165, 1.54) is 11.8 Å². The number of benzene rings is 1. The molecular weight excluding hydrogens is 258 g/mol. The van der Waals surface area contributed by atoms with Crippen LogP contribution in [0.5, 0.6) is 0 Å². The van der Waals surface area contributed by atoms with E-state index < -0.39 is 0 Å². The lowest BCUT2D eigenvalue weighted by Crippen LogP contribution is -2.23. The van der Waals surface area contributed by atoms with Gasteiger partial charge in [-0.05, 0) is 24.6 Å². The second-order valence-corrected chi connectivity index (χ2v) is 5.22. The van der Waals surface area contributed by atoms with Crippen molar-refractivity contribution >= 4 is 40.7 Å². The third-order valence-electron chi connectivity index (χ3n) is 2.11. The lowest BCUT2D eigenvalue weighted by molar-refractivity contribution is -0.118. The van der Waals surface area contributed by atoms with Gasteiger partial charge in [0.15, 0.2) is 5.17 Å². The number of hydrogen-bond donors (Lipinski definition) is 1. The van der Waals surface area contributed by atoms with Crippen LogP contribution < -0.4 is 5.32 Å². The molecule has 1 fully saturated rings. The van der Waals surface area contributed by atoms with Gasteiger partial charge in [-0.15, -0.1) is 5.10 Å². The smallest absolute Gasteiger partial charge is 0.239 e. The predicted octanol–water partition coefficient (Wildman–Crippen LogP) is 2.28. The van der Waals surface area contributed by atoms with Gasteiger partial charge in [0, 0.05) is 5.02 Å². The zero-order chi connectivity index (χ0) is 12.3. The van der Waals surface area contributed by atoms with Crippen LogP contribution in [-0.2, 0) is 4.79 Å². The number of halogens is 1. The molecule has 0 radical (unpaired) electrons. The zero-order valence-corrected chi connectivity index (χ0v) is 10.6. The van der Waals surface area contributed by atoms with E-state index >= 15 is 0 Å². The Kier molecular flexibility index (Phi) is 3.81. The molecule has 1 atom stereocenters. The maximum Gasteiger partial charge on any atom is 0.239 e. The lowest BCUT2D eigenvalue weighted by atomic mass is 10.2. The molecule has 1 aliphatic heterocycles. The van der Waals surface area contributed by atoms with Crippen LogP contribution in [0.1, 0.15) is 12.5 Å². The fourth-order valence-electron chi connectivity index (χ4n) is 1.20. The molecule has 6 heteroatoms. The fourth-order valence-corrected chi connectivity index (χ4v) is 2.08. The van der Waals surface area contributed by atoms with Crippen LogP contribution in [0.2, 0.25) is 5.02 Å². The summed E-state index contributed by atoms with van der Waals surface area (Å²) in [6, 6.07) is 7.25. The van der Waals surface area contributed by atoms with Crippen molar-refractivity contribution in [3.05, 3.63) is 34.9 Å². The van der Waals surface area contributed by atoms with Gasteiger partial charge in [-0.1, -0.05) is 35.5 Å². The van der Waals surface area contributed by atoms with Gasteiger partial charge in [-0.2, -0.15) is 5.10 Å². The Bertz CT molecular complexity index is 484.